The van der Waals surface area contributed by atoms with Gasteiger partial charge in [0.15, 0.2) is 0 Å². The van der Waals surface area contributed by atoms with Crippen molar-refractivity contribution in [3.63, 3.8) is 0 Å². The molecular weight excluding hydrogens is 691 g/mol. The predicted octanol–water partition coefficient (Wildman–Crippen LogP) is 3.71. The molecule has 278 valence electrons. The van der Waals surface area contributed by atoms with Crippen molar-refractivity contribution in [1.82, 2.24) is 29.3 Å². The summed E-state index contributed by atoms with van der Waals surface area (Å²) < 4.78 is 29.0. The first kappa shape index (κ1) is 39.9. The number of amides is 3. The Morgan fingerprint density at radius 2 is 1.75 bits per heavy atom. The van der Waals surface area contributed by atoms with Crippen molar-refractivity contribution < 1.29 is 28.3 Å². The number of carbonyl (C=O) groups excluding carboxylic acids is 2. The molecule has 3 N–H and O–H groups in total. The van der Waals surface area contributed by atoms with Gasteiger partial charge in [-0.25, -0.2) is 18.2 Å². The maximum absolute atomic E-state index is 14.2. The minimum absolute atomic E-state index is 0.0256. The SMILES string of the molecule is CC(C)CN(C[C@@H](O)[C@H](Cc1ccccc1)NC(=O)[C@H](C(C)C)N1CCN(Cc2csc(CN(C)C)n2)C1=O)S(=O)(=O)c1ccc(C=NO)cc1. The van der Waals surface area contributed by atoms with E-state index in [2.05, 4.69) is 15.5 Å². The van der Waals surface area contributed by atoms with Gasteiger partial charge in [0.2, 0.25) is 15.9 Å². The third-order valence-electron chi connectivity index (χ3n) is 8.54. The number of oxime groups is 1. The van der Waals surface area contributed by atoms with Gasteiger partial charge in [-0.1, -0.05) is 75.3 Å². The lowest BCUT2D eigenvalue weighted by molar-refractivity contribution is -0.128. The lowest BCUT2D eigenvalue weighted by Gasteiger charge is -2.34. The minimum Gasteiger partial charge on any atom is -0.411 e. The van der Waals surface area contributed by atoms with Crippen LogP contribution in [0.25, 0.3) is 0 Å². The molecule has 15 heteroatoms. The van der Waals surface area contributed by atoms with Gasteiger partial charge in [-0.3, -0.25) is 4.79 Å². The molecule has 4 rings (SSSR count). The molecule has 0 radical (unpaired) electrons. The van der Waals surface area contributed by atoms with E-state index in [0.29, 0.717) is 31.7 Å². The summed E-state index contributed by atoms with van der Waals surface area (Å²) in [4.78, 5) is 37.9. The van der Waals surface area contributed by atoms with Crippen LogP contribution >= 0.6 is 11.3 Å². The summed E-state index contributed by atoms with van der Waals surface area (Å²) in [6, 6.07) is 13.3. The number of benzene rings is 2. The number of thiazole rings is 1. The van der Waals surface area contributed by atoms with Gasteiger partial charge < -0.3 is 30.3 Å². The first-order chi connectivity index (χ1) is 24.2. The summed E-state index contributed by atoms with van der Waals surface area (Å²) in [6.07, 6.45) is 0.148. The van der Waals surface area contributed by atoms with Crippen molar-refractivity contribution in [1.29, 1.82) is 0 Å². The Kier molecular flexibility index (Phi) is 14.1. The number of carbonyl (C=O) groups is 2. The molecule has 0 aliphatic carbocycles. The van der Waals surface area contributed by atoms with Gasteiger partial charge in [-0.15, -0.1) is 11.3 Å². The number of rotatable bonds is 18. The summed E-state index contributed by atoms with van der Waals surface area (Å²) in [5.74, 6) is -0.721. The topological polar surface area (TPSA) is 159 Å². The molecule has 2 aromatic carbocycles. The van der Waals surface area contributed by atoms with Crippen LogP contribution < -0.4 is 5.32 Å². The summed E-state index contributed by atoms with van der Waals surface area (Å²) in [6.45, 7) is 9.26. The Morgan fingerprint density at radius 3 is 2.35 bits per heavy atom. The van der Waals surface area contributed by atoms with E-state index < -0.39 is 34.1 Å². The molecule has 1 aliphatic heterocycles. The molecule has 0 saturated carbocycles. The monoisotopic (exact) mass is 741 g/mol. The van der Waals surface area contributed by atoms with Crippen molar-refractivity contribution in [2.45, 2.75) is 70.3 Å². The van der Waals surface area contributed by atoms with Crippen LogP contribution in [0.5, 0.6) is 0 Å². The molecule has 1 fully saturated rings. The average molecular weight is 742 g/mol. The van der Waals surface area contributed by atoms with Crippen molar-refractivity contribution in [3.05, 3.63) is 81.8 Å². The highest BCUT2D eigenvalue weighted by Crippen LogP contribution is 2.23. The molecule has 1 aromatic heterocycles. The molecule has 3 atom stereocenters. The fourth-order valence-corrected chi connectivity index (χ4v) is 8.67. The highest BCUT2D eigenvalue weighted by Gasteiger charge is 2.40. The maximum atomic E-state index is 14.2. The van der Waals surface area contributed by atoms with E-state index in [1.165, 1.54) is 34.8 Å². The lowest BCUT2D eigenvalue weighted by atomic mass is 9.97. The van der Waals surface area contributed by atoms with Crippen LogP contribution in [-0.2, 0) is 34.3 Å². The largest absolute Gasteiger partial charge is 0.411 e. The molecule has 13 nitrogen and oxygen atoms in total. The second kappa shape index (κ2) is 18.0. The molecule has 0 spiro atoms. The van der Waals surface area contributed by atoms with E-state index in [4.69, 9.17) is 5.21 Å². The minimum atomic E-state index is -4.06. The second-order valence-electron chi connectivity index (χ2n) is 14.0. The summed E-state index contributed by atoms with van der Waals surface area (Å²) >= 11 is 1.55. The normalized spacial score (nSPS) is 15.9. The van der Waals surface area contributed by atoms with Crippen molar-refractivity contribution >= 4 is 39.5 Å². The van der Waals surface area contributed by atoms with Crippen LogP contribution in [0.3, 0.4) is 0 Å². The number of aliphatic hydroxyl groups excluding tert-OH is 1. The van der Waals surface area contributed by atoms with Crippen molar-refractivity contribution in [2.75, 3.05) is 40.3 Å². The highest BCUT2D eigenvalue weighted by molar-refractivity contribution is 7.89. The Balaban J connectivity index is 1.55. The first-order valence-electron chi connectivity index (χ1n) is 17.1. The Labute approximate surface area is 305 Å². The fourth-order valence-electron chi connectivity index (χ4n) is 6.15. The van der Waals surface area contributed by atoms with Gasteiger partial charge in [0.05, 0.1) is 35.5 Å². The van der Waals surface area contributed by atoms with Crippen LogP contribution in [0, 0.1) is 11.8 Å². The number of hydrogen-bond donors (Lipinski definition) is 3. The number of nitrogens with one attached hydrogen (secondary N) is 1. The Hall–Kier alpha value is -3.89. The number of urea groups is 1. The summed E-state index contributed by atoms with van der Waals surface area (Å²) in [7, 11) is -0.103. The third-order valence-corrected chi connectivity index (χ3v) is 11.3. The van der Waals surface area contributed by atoms with Gasteiger partial charge in [0.25, 0.3) is 0 Å². The molecule has 0 unspecified atom stereocenters. The van der Waals surface area contributed by atoms with Crippen LogP contribution in [0.1, 0.15) is 49.5 Å². The van der Waals surface area contributed by atoms with E-state index in [1.54, 1.807) is 21.1 Å². The number of aliphatic hydroxyl groups is 1. The van der Waals surface area contributed by atoms with E-state index in [-0.39, 0.29) is 42.3 Å². The van der Waals surface area contributed by atoms with E-state index >= 15 is 0 Å². The lowest BCUT2D eigenvalue weighted by Crippen LogP contribution is -2.57. The van der Waals surface area contributed by atoms with Crippen molar-refractivity contribution in [2.24, 2.45) is 17.0 Å². The van der Waals surface area contributed by atoms with Gasteiger partial charge in [0, 0.05) is 38.1 Å². The van der Waals surface area contributed by atoms with Gasteiger partial charge in [-0.05, 0) is 55.6 Å². The van der Waals surface area contributed by atoms with E-state index in [9.17, 15) is 23.1 Å². The van der Waals surface area contributed by atoms with Crippen molar-refractivity contribution in [3.8, 4) is 0 Å². The van der Waals surface area contributed by atoms with Gasteiger partial charge in [-0.2, -0.15) is 4.31 Å². The van der Waals surface area contributed by atoms with Crippen LogP contribution in [-0.4, -0.2) is 119 Å². The molecule has 1 aliphatic rings. The molecular formula is C36H51N7O6S2. The van der Waals surface area contributed by atoms with Crippen LogP contribution in [0.2, 0.25) is 0 Å². The molecule has 0 bridgehead atoms. The van der Waals surface area contributed by atoms with Crippen LogP contribution in [0.4, 0.5) is 4.79 Å². The fraction of sp³-hybridized carbons (Fsp3) is 0.500. The highest BCUT2D eigenvalue weighted by atomic mass is 32.2. The van der Waals surface area contributed by atoms with Crippen LogP contribution in [0.15, 0.2) is 70.0 Å². The maximum Gasteiger partial charge on any atom is 0.321 e. The van der Waals surface area contributed by atoms with E-state index in [1.807, 2.05) is 82.4 Å². The second-order valence-corrected chi connectivity index (χ2v) is 16.8. The quantitative estimate of drug-likeness (QED) is 0.101. The third kappa shape index (κ3) is 10.8. The zero-order valence-corrected chi connectivity index (χ0v) is 31.8. The average Bonchev–Trinajstić information content (AvgIpc) is 3.66. The standard InChI is InChI=1S/C36H51N7O6S2/c1-25(2)20-42(51(48,49)30-14-12-28(13-15-30)19-37-47)22-32(44)31(18-27-10-8-7-9-11-27)39-35(45)34(26(3)4)43-17-16-41(36(43)46)21-29-24-50-33(38-29)23-40(5)6/h7-15,19,24-26,31-32,34,44,47H,16-18,20-23H2,1-6H3,(H,39,45)/t31-,32+,34-/m0/s1. The molecule has 3 amide bonds. The number of sulfonamides is 1. The Morgan fingerprint density at radius 1 is 1.06 bits per heavy atom. The molecule has 1 saturated heterocycles. The zero-order chi connectivity index (χ0) is 37.3. The Bertz CT molecular complexity index is 1710. The molecule has 2 heterocycles. The number of hydrogen-bond acceptors (Lipinski definition) is 10. The molecule has 51 heavy (non-hydrogen) atoms. The zero-order valence-electron chi connectivity index (χ0n) is 30.2. The number of aromatic nitrogens is 1. The molecule has 3 aromatic rings. The summed E-state index contributed by atoms with van der Waals surface area (Å²) in [5, 5.41) is 29.5. The number of nitrogens with zero attached hydrogens (tertiary/aromatic N) is 6. The predicted molar refractivity (Wildman–Crippen MR) is 198 cm³/mol. The first-order valence-corrected chi connectivity index (χ1v) is 19.4. The van der Waals surface area contributed by atoms with Gasteiger partial charge >= 0.3 is 6.03 Å². The van der Waals surface area contributed by atoms with E-state index in [0.717, 1.165) is 16.3 Å². The van der Waals surface area contributed by atoms with Gasteiger partial charge in [0.1, 0.15) is 11.0 Å². The smallest absolute Gasteiger partial charge is 0.321 e. The summed E-state index contributed by atoms with van der Waals surface area (Å²) in [5.41, 5.74) is 2.18.